The summed E-state index contributed by atoms with van der Waals surface area (Å²) in [5.41, 5.74) is 8.10. The van der Waals surface area contributed by atoms with Gasteiger partial charge in [-0.15, -0.1) is 0 Å². The molecule has 3 rings (SSSR count). The molecule has 0 saturated carbocycles. The molecule has 0 atom stereocenters. The average Bonchev–Trinajstić information content (AvgIpc) is 3.00. The molecule has 17 heavy (non-hydrogen) atoms. The minimum absolute atomic E-state index is 0.518. The van der Waals surface area contributed by atoms with Gasteiger partial charge in [0, 0.05) is 18.0 Å². The van der Waals surface area contributed by atoms with E-state index in [2.05, 4.69) is 10.3 Å². The summed E-state index contributed by atoms with van der Waals surface area (Å²) in [4.78, 5) is 0. The Bertz CT molecular complexity index is 628. The summed E-state index contributed by atoms with van der Waals surface area (Å²) in [6, 6.07) is 9.59. The number of nitrogens with two attached hydrogens (primary N) is 1. The summed E-state index contributed by atoms with van der Waals surface area (Å²) >= 11 is 0. The van der Waals surface area contributed by atoms with Gasteiger partial charge in [-0.2, -0.15) is 5.10 Å². The van der Waals surface area contributed by atoms with Gasteiger partial charge in [0.05, 0.1) is 11.9 Å². The van der Waals surface area contributed by atoms with Crippen LogP contribution in [0.5, 0.6) is 0 Å². The van der Waals surface area contributed by atoms with Crippen molar-refractivity contribution in [3.8, 4) is 17.0 Å². The van der Waals surface area contributed by atoms with Crippen LogP contribution in [0.25, 0.3) is 17.0 Å². The first kappa shape index (κ1) is 9.65. The molecular weight excluding hydrogens is 216 g/mol. The molecule has 0 saturated heterocycles. The lowest BCUT2D eigenvalue weighted by atomic mass is 10.1. The van der Waals surface area contributed by atoms with E-state index >= 15 is 0 Å². The standard InChI is InChI=1S/C12H10N4O/c13-10-8-15-17-12(10)9-4-1-2-5-11(9)16-7-3-6-14-16/h1-8H,13H2. The number of rotatable bonds is 2. The highest BCUT2D eigenvalue weighted by Crippen LogP contribution is 2.30. The first-order chi connectivity index (χ1) is 8.36. The molecule has 0 aliphatic heterocycles. The molecule has 1 aromatic carbocycles. The van der Waals surface area contributed by atoms with Crippen LogP contribution in [-0.2, 0) is 0 Å². The van der Waals surface area contributed by atoms with Crippen LogP contribution in [0.2, 0.25) is 0 Å². The van der Waals surface area contributed by atoms with Crippen LogP contribution >= 0.6 is 0 Å². The van der Waals surface area contributed by atoms with E-state index in [0.29, 0.717) is 11.4 Å². The number of nitrogen functional groups attached to an aromatic ring is 1. The zero-order chi connectivity index (χ0) is 11.7. The molecule has 0 spiro atoms. The molecule has 2 aromatic heterocycles. The third-order valence-electron chi connectivity index (χ3n) is 2.50. The van der Waals surface area contributed by atoms with Crippen LogP contribution in [0, 0.1) is 0 Å². The lowest BCUT2D eigenvalue weighted by molar-refractivity contribution is 0.432. The van der Waals surface area contributed by atoms with Crippen molar-refractivity contribution >= 4 is 5.69 Å². The molecule has 5 nitrogen and oxygen atoms in total. The Morgan fingerprint density at radius 3 is 2.76 bits per heavy atom. The Kier molecular flexibility index (Phi) is 2.15. The topological polar surface area (TPSA) is 69.9 Å². The Hall–Kier alpha value is -2.56. The number of aromatic nitrogens is 3. The predicted octanol–water partition coefficient (Wildman–Crippen LogP) is 2.11. The van der Waals surface area contributed by atoms with Crippen molar-refractivity contribution in [2.75, 3.05) is 5.73 Å². The van der Waals surface area contributed by atoms with E-state index in [9.17, 15) is 0 Å². The summed E-state index contributed by atoms with van der Waals surface area (Å²) in [7, 11) is 0. The van der Waals surface area contributed by atoms with E-state index in [1.165, 1.54) is 6.20 Å². The summed E-state index contributed by atoms with van der Waals surface area (Å²) < 4.78 is 6.93. The summed E-state index contributed by atoms with van der Waals surface area (Å²) in [5, 5.41) is 7.89. The third-order valence-corrected chi connectivity index (χ3v) is 2.50. The smallest absolute Gasteiger partial charge is 0.191 e. The molecule has 0 unspecified atom stereocenters. The Labute approximate surface area is 97.5 Å². The minimum atomic E-state index is 0.518. The average molecular weight is 226 g/mol. The van der Waals surface area contributed by atoms with Gasteiger partial charge in [-0.25, -0.2) is 4.68 Å². The Morgan fingerprint density at radius 1 is 1.18 bits per heavy atom. The Balaban J connectivity index is 2.22. The first-order valence-electron chi connectivity index (χ1n) is 5.16. The number of nitrogens with zero attached hydrogens (tertiary/aromatic N) is 3. The van der Waals surface area contributed by atoms with Crippen LogP contribution in [0.3, 0.4) is 0 Å². The summed E-state index contributed by atoms with van der Waals surface area (Å²) in [6.07, 6.45) is 5.08. The maximum absolute atomic E-state index is 5.81. The molecule has 0 radical (unpaired) electrons. The molecular formula is C12H10N4O. The molecule has 84 valence electrons. The van der Waals surface area contributed by atoms with Gasteiger partial charge >= 0.3 is 0 Å². The van der Waals surface area contributed by atoms with E-state index in [-0.39, 0.29) is 0 Å². The van der Waals surface area contributed by atoms with Gasteiger partial charge in [-0.05, 0) is 18.2 Å². The van der Waals surface area contributed by atoms with E-state index in [0.717, 1.165) is 11.3 Å². The number of anilines is 1. The van der Waals surface area contributed by atoms with E-state index in [4.69, 9.17) is 10.3 Å². The van der Waals surface area contributed by atoms with Gasteiger partial charge in [0.2, 0.25) is 0 Å². The maximum atomic E-state index is 5.81. The van der Waals surface area contributed by atoms with E-state index in [1.54, 1.807) is 10.9 Å². The van der Waals surface area contributed by atoms with Crippen molar-refractivity contribution in [3.63, 3.8) is 0 Å². The van der Waals surface area contributed by atoms with Gasteiger partial charge < -0.3 is 10.3 Å². The zero-order valence-corrected chi connectivity index (χ0v) is 8.95. The first-order valence-corrected chi connectivity index (χ1v) is 5.16. The second kappa shape index (κ2) is 3.79. The second-order valence-electron chi connectivity index (χ2n) is 3.58. The van der Waals surface area contributed by atoms with Gasteiger partial charge in [0.1, 0.15) is 5.69 Å². The fourth-order valence-corrected chi connectivity index (χ4v) is 1.73. The zero-order valence-electron chi connectivity index (χ0n) is 8.95. The molecule has 0 bridgehead atoms. The van der Waals surface area contributed by atoms with Gasteiger partial charge in [0.25, 0.3) is 0 Å². The van der Waals surface area contributed by atoms with Crippen molar-refractivity contribution in [1.29, 1.82) is 0 Å². The van der Waals surface area contributed by atoms with Gasteiger partial charge in [-0.3, -0.25) is 0 Å². The van der Waals surface area contributed by atoms with Crippen LogP contribution < -0.4 is 5.73 Å². The molecule has 5 heteroatoms. The normalized spacial score (nSPS) is 10.6. The molecule has 0 aliphatic carbocycles. The highest BCUT2D eigenvalue weighted by Gasteiger charge is 2.13. The number of hydrogen-bond acceptors (Lipinski definition) is 4. The van der Waals surface area contributed by atoms with Crippen molar-refractivity contribution in [2.45, 2.75) is 0 Å². The van der Waals surface area contributed by atoms with E-state index < -0.39 is 0 Å². The molecule has 2 N–H and O–H groups in total. The van der Waals surface area contributed by atoms with Crippen molar-refractivity contribution in [3.05, 3.63) is 48.9 Å². The van der Waals surface area contributed by atoms with Crippen LogP contribution in [0.15, 0.2) is 53.4 Å². The molecule has 2 heterocycles. The fraction of sp³-hybridized carbons (Fsp3) is 0. The largest absolute Gasteiger partial charge is 0.394 e. The van der Waals surface area contributed by atoms with Crippen molar-refractivity contribution in [2.24, 2.45) is 0 Å². The second-order valence-corrected chi connectivity index (χ2v) is 3.58. The minimum Gasteiger partial charge on any atom is -0.394 e. The molecule has 0 aliphatic rings. The van der Waals surface area contributed by atoms with Crippen LogP contribution in [-0.4, -0.2) is 14.9 Å². The number of hydrogen-bond donors (Lipinski definition) is 1. The lowest BCUT2D eigenvalue weighted by Crippen LogP contribution is -1.97. The van der Waals surface area contributed by atoms with Crippen LogP contribution in [0.1, 0.15) is 0 Å². The SMILES string of the molecule is Nc1cnoc1-c1ccccc1-n1cccn1. The molecule has 0 amide bonds. The quantitative estimate of drug-likeness (QED) is 0.726. The highest BCUT2D eigenvalue weighted by atomic mass is 16.5. The fourth-order valence-electron chi connectivity index (χ4n) is 1.73. The van der Waals surface area contributed by atoms with Crippen LogP contribution in [0.4, 0.5) is 5.69 Å². The lowest BCUT2D eigenvalue weighted by Gasteiger charge is -2.06. The number of para-hydroxylation sites is 1. The summed E-state index contributed by atoms with van der Waals surface area (Å²) in [5.74, 6) is 0.566. The Morgan fingerprint density at radius 2 is 2.06 bits per heavy atom. The highest BCUT2D eigenvalue weighted by molar-refractivity contribution is 5.76. The molecule has 0 fully saturated rings. The monoisotopic (exact) mass is 226 g/mol. The maximum Gasteiger partial charge on any atom is 0.191 e. The van der Waals surface area contributed by atoms with Crippen molar-refractivity contribution < 1.29 is 4.52 Å². The molecule has 3 aromatic rings. The number of benzene rings is 1. The van der Waals surface area contributed by atoms with Crippen molar-refractivity contribution in [1.82, 2.24) is 14.9 Å². The third kappa shape index (κ3) is 1.57. The summed E-state index contributed by atoms with van der Waals surface area (Å²) in [6.45, 7) is 0. The van der Waals surface area contributed by atoms with Gasteiger partial charge in [0.15, 0.2) is 5.76 Å². The van der Waals surface area contributed by atoms with Gasteiger partial charge in [-0.1, -0.05) is 17.3 Å². The predicted molar refractivity (Wildman–Crippen MR) is 63.5 cm³/mol. The van der Waals surface area contributed by atoms with E-state index in [1.807, 2.05) is 36.5 Å².